The molecule has 0 atom stereocenters. The molecule has 2 aromatic carbocycles. The SMILES string of the molecule is Cc1nccc(-c2ccc(C(F)(F)F)cc2)c1-c1ccc(C(F)(F)F)cc1. The molecule has 140 valence electrons. The van der Waals surface area contributed by atoms with Gasteiger partial charge in [-0.3, -0.25) is 4.98 Å². The third-order valence-corrected chi connectivity index (χ3v) is 4.16. The van der Waals surface area contributed by atoms with Crippen LogP contribution < -0.4 is 0 Å². The Morgan fingerprint density at radius 3 is 1.52 bits per heavy atom. The quantitative estimate of drug-likeness (QED) is 0.447. The summed E-state index contributed by atoms with van der Waals surface area (Å²) in [4.78, 5) is 4.17. The lowest BCUT2D eigenvalue weighted by Gasteiger charge is -2.14. The Morgan fingerprint density at radius 2 is 1.07 bits per heavy atom. The molecule has 0 unspecified atom stereocenters. The first-order chi connectivity index (χ1) is 12.6. The molecule has 0 fully saturated rings. The Morgan fingerprint density at radius 1 is 0.630 bits per heavy atom. The van der Waals surface area contributed by atoms with Crippen molar-refractivity contribution in [2.45, 2.75) is 19.3 Å². The van der Waals surface area contributed by atoms with Crippen molar-refractivity contribution in [3.8, 4) is 22.3 Å². The molecule has 0 saturated carbocycles. The third-order valence-electron chi connectivity index (χ3n) is 4.16. The van der Waals surface area contributed by atoms with E-state index in [0.29, 0.717) is 27.9 Å². The van der Waals surface area contributed by atoms with Crippen LogP contribution in [-0.4, -0.2) is 4.98 Å². The highest BCUT2D eigenvalue weighted by atomic mass is 19.4. The molecule has 27 heavy (non-hydrogen) atoms. The topological polar surface area (TPSA) is 12.9 Å². The number of benzene rings is 2. The molecule has 0 aliphatic heterocycles. The molecular formula is C20H13F6N. The monoisotopic (exact) mass is 381 g/mol. The van der Waals surface area contributed by atoms with E-state index < -0.39 is 23.5 Å². The predicted octanol–water partition coefficient (Wildman–Crippen LogP) is 6.76. The van der Waals surface area contributed by atoms with Gasteiger partial charge >= 0.3 is 12.4 Å². The highest BCUT2D eigenvalue weighted by molar-refractivity contribution is 5.84. The van der Waals surface area contributed by atoms with E-state index in [-0.39, 0.29) is 0 Å². The molecule has 1 aromatic heterocycles. The van der Waals surface area contributed by atoms with Crippen molar-refractivity contribution in [2.24, 2.45) is 0 Å². The van der Waals surface area contributed by atoms with Crippen LogP contribution in [0, 0.1) is 6.92 Å². The van der Waals surface area contributed by atoms with Crippen molar-refractivity contribution >= 4 is 0 Å². The number of alkyl halides is 6. The number of aryl methyl sites for hydroxylation is 1. The van der Waals surface area contributed by atoms with Crippen LogP contribution in [0.15, 0.2) is 60.8 Å². The molecule has 3 rings (SSSR count). The number of halogens is 6. The van der Waals surface area contributed by atoms with Crippen molar-refractivity contribution in [3.63, 3.8) is 0 Å². The van der Waals surface area contributed by atoms with Gasteiger partial charge in [0.1, 0.15) is 0 Å². The minimum atomic E-state index is -4.45. The normalized spacial score (nSPS) is 12.3. The number of aromatic nitrogens is 1. The van der Waals surface area contributed by atoms with Crippen LogP contribution in [0.4, 0.5) is 26.3 Å². The highest BCUT2D eigenvalue weighted by Crippen LogP contribution is 2.37. The summed E-state index contributed by atoms with van der Waals surface area (Å²) < 4.78 is 76.6. The molecule has 1 heterocycles. The van der Waals surface area contributed by atoms with Gasteiger partial charge < -0.3 is 0 Å². The van der Waals surface area contributed by atoms with Crippen LogP contribution >= 0.6 is 0 Å². The summed E-state index contributed by atoms with van der Waals surface area (Å²) in [6, 6.07) is 10.9. The summed E-state index contributed by atoms with van der Waals surface area (Å²) in [7, 11) is 0. The summed E-state index contributed by atoms with van der Waals surface area (Å²) in [5, 5.41) is 0. The Hall–Kier alpha value is -2.83. The van der Waals surface area contributed by atoms with Crippen LogP contribution in [0.25, 0.3) is 22.3 Å². The van der Waals surface area contributed by atoms with E-state index in [0.717, 1.165) is 24.3 Å². The van der Waals surface area contributed by atoms with Crippen LogP contribution in [0.1, 0.15) is 16.8 Å². The first-order valence-electron chi connectivity index (χ1n) is 7.88. The van der Waals surface area contributed by atoms with Gasteiger partial charge in [-0.15, -0.1) is 0 Å². The minimum Gasteiger partial charge on any atom is -0.261 e. The van der Waals surface area contributed by atoms with Gasteiger partial charge in [0, 0.05) is 17.5 Å². The molecule has 0 bridgehead atoms. The van der Waals surface area contributed by atoms with Crippen LogP contribution in [0.5, 0.6) is 0 Å². The van der Waals surface area contributed by atoms with Crippen molar-refractivity contribution < 1.29 is 26.3 Å². The Kier molecular flexibility index (Phi) is 4.71. The second-order valence-corrected chi connectivity index (χ2v) is 5.97. The molecule has 0 aliphatic rings. The third kappa shape index (κ3) is 3.97. The van der Waals surface area contributed by atoms with Gasteiger partial charge in [0.05, 0.1) is 11.1 Å². The van der Waals surface area contributed by atoms with Gasteiger partial charge in [-0.05, 0) is 53.9 Å². The second kappa shape index (κ2) is 6.72. The van der Waals surface area contributed by atoms with Gasteiger partial charge in [-0.2, -0.15) is 26.3 Å². The fourth-order valence-electron chi connectivity index (χ4n) is 2.84. The van der Waals surface area contributed by atoms with Crippen LogP contribution in [0.3, 0.4) is 0 Å². The van der Waals surface area contributed by atoms with Gasteiger partial charge in [0.15, 0.2) is 0 Å². The minimum absolute atomic E-state index is 0.503. The predicted molar refractivity (Wildman–Crippen MR) is 89.9 cm³/mol. The largest absolute Gasteiger partial charge is 0.416 e. The molecule has 7 heteroatoms. The second-order valence-electron chi connectivity index (χ2n) is 5.97. The van der Waals surface area contributed by atoms with Crippen molar-refractivity contribution in [1.82, 2.24) is 4.98 Å². The fraction of sp³-hybridized carbons (Fsp3) is 0.150. The Balaban J connectivity index is 2.08. The van der Waals surface area contributed by atoms with Gasteiger partial charge in [0.2, 0.25) is 0 Å². The average Bonchev–Trinajstić information content (AvgIpc) is 2.60. The van der Waals surface area contributed by atoms with E-state index in [4.69, 9.17) is 0 Å². The molecule has 0 amide bonds. The zero-order chi connectivity index (χ0) is 19.8. The Bertz CT molecular complexity index is 938. The molecular weight excluding hydrogens is 368 g/mol. The number of hydrogen-bond donors (Lipinski definition) is 0. The maximum atomic E-state index is 12.8. The molecule has 0 saturated heterocycles. The number of nitrogens with zero attached hydrogens (tertiary/aromatic N) is 1. The highest BCUT2D eigenvalue weighted by Gasteiger charge is 2.31. The standard InChI is InChI=1S/C20H13F6N/c1-12-18(14-4-8-16(9-5-14)20(24,25)26)17(10-11-27-12)13-2-6-15(7-3-13)19(21,22)23/h2-11H,1H3. The molecule has 0 spiro atoms. The lowest BCUT2D eigenvalue weighted by Crippen LogP contribution is -2.04. The lowest BCUT2D eigenvalue weighted by atomic mass is 9.93. The van der Waals surface area contributed by atoms with Gasteiger partial charge in [-0.25, -0.2) is 0 Å². The maximum Gasteiger partial charge on any atom is 0.416 e. The van der Waals surface area contributed by atoms with E-state index in [1.807, 2.05) is 0 Å². The molecule has 0 N–H and O–H groups in total. The van der Waals surface area contributed by atoms with E-state index in [2.05, 4.69) is 4.98 Å². The van der Waals surface area contributed by atoms with Crippen molar-refractivity contribution in [1.29, 1.82) is 0 Å². The zero-order valence-corrected chi connectivity index (χ0v) is 14.0. The number of pyridine rings is 1. The molecule has 3 aromatic rings. The summed E-state index contributed by atoms with van der Waals surface area (Å²) in [5.74, 6) is 0. The number of rotatable bonds is 2. The van der Waals surface area contributed by atoms with Gasteiger partial charge in [-0.1, -0.05) is 24.3 Å². The summed E-state index contributed by atoms with van der Waals surface area (Å²) in [6.07, 6.45) is -7.38. The van der Waals surface area contributed by atoms with Crippen molar-refractivity contribution in [2.75, 3.05) is 0 Å². The fourth-order valence-corrected chi connectivity index (χ4v) is 2.84. The smallest absolute Gasteiger partial charge is 0.261 e. The average molecular weight is 381 g/mol. The Labute approximate surface area is 151 Å². The maximum absolute atomic E-state index is 12.8. The van der Waals surface area contributed by atoms with E-state index in [1.54, 1.807) is 13.0 Å². The molecule has 0 aliphatic carbocycles. The molecule has 1 nitrogen and oxygen atoms in total. The summed E-state index contributed by atoms with van der Waals surface area (Å²) >= 11 is 0. The first kappa shape index (κ1) is 18.9. The van der Waals surface area contributed by atoms with Crippen LogP contribution in [-0.2, 0) is 12.4 Å². The van der Waals surface area contributed by atoms with E-state index >= 15 is 0 Å². The van der Waals surface area contributed by atoms with Crippen molar-refractivity contribution in [3.05, 3.63) is 77.6 Å². The van der Waals surface area contributed by atoms with E-state index in [1.165, 1.54) is 30.5 Å². The summed E-state index contributed by atoms with van der Waals surface area (Å²) in [5.41, 5.74) is 1.21. The summed E-state index contributed by atoms with van der Waals surface area (Å²) in [6.45, 7) is 1.70. The van der Waals surface area contributed by atoms with Gasteiger partial charge in [0.25, 0.3) is 0 Å². The molecule has 0 radical (unpaired) electrons. The first-order valence-corrected chi connectivity index (χ1v) is 7.88. The number of hydrogen-bond acceptors (Lipinski definition) is 1. The zero-order valence-electron chi connectivity index (χ0n) is 14.0. The lowest BCUT2D eigenvalue weighted by molar-refractivity contribution is -0.138. The van der Waals surface area contributed by atoms with E-state index in [9.17, 15) is 26.3 Å². The van der Waals surface area contributed by atoms with Crippen LogP contribution in [0.2, 0.25) is 0 Å².